The Hall–Kier alpha value is -2.19. The minimum absolute atomic E-state index is 0.00763. The number of rotatable bonds is 3. The lowest BCUT2D eigenvalue weighted by atomic mass is 9.95. The number of anilines is 1. The van der Waals surface area contributed by atoms with Crippen LogP contribution in [0.15, 0.2) is 4.52 Å². The molecule has 2 aliphatic rings. The van der Waals surface area contributed by atoms with Crippen LogP contribution in [-0.4, -0.2) is 48.2 Å². The van der Waals surface area contributed by atoms with Crippen LogP contribution in [0.3, 0.4) is 0 Å². The number of carbonyl (C=O) groups is 2. The molecule has 0 aromatic carbocycles. The van der Waals surface area contributed by atoms with E-state index in [1.165, 1.54) is 16.2 Å². The molecule has 27 heavy (non-hydrogen) atoms. The number of aryl methyl sites for hydroxylation is 3. The molecule has 0 bridgehead atoms. The van der Waals surface area contributed by atoms with Gasteiger partial charge in [0.25, 0.3) is 11.8 Å². The van der Waals surface area contributed by atoms with Crippen molar-refractivity contribution in [2.45, 2.75) is 39.5 Å². The summed E-state index contributed by atoms with van der Waals surface area (Å²) in [4.78, 5) is 29.1. The molecule has 8 heteroatoms. The number of ether oxygens (including phenoxy) is 1. The van der Waals surface area contributed by atoms with Gasteiger partial charge in [-0.1, -0.05) is 5.16 Å². The Morgan fingerprint density at radius 3 is 2.56 bits per heavy atom. The molecule has 144 valence electrons. The summed E-state index contributed by atoms with van der Waals surface area (Å²) in [5, 5.41) is 7.47. The number of amides is 2. The van der Waals surface area contributed by atoms with Gasteiger partial charge in [-0.2, -0.15) is 0 Å². The summed E-state index contributed by atoms with van der Waals surface area (Å²) < 4.78 is 10.5. The second-order valence-electron chi connectivity index (χ2n) is 6.97. The molecule has 1 fully saturated rings. The van der Waals surface area contributed by atoms with Gasteiger partial charge in [0, 0.05) is 18.0 Å². The molecule has 0 spiro atoms. The summed E-state index contributed by atoms with van der Waals surface area (Å²) in [6, 6.07) is 0. The smallest absolute Gasteiger partial charge is 0.261 e. The van der Waals surface area contributed by atoms with E-state index in [-0.39, 0.29) is 11.8 Å². The van der Waals surface area contributed by atoms with Crippen molar-refractivity contribution in [3.05, 3.63) is 33.0 Å². The third kappa shape index (κ3) is 3.39. The van der Waals surface area contributed by atoms with Crippen molar-refractivity contribution >= 4 is 28.2 Å². The van der Waals surface area contributed by atoms with Gasteiger partial charge in [-0.15, -0.1) is 11.3 Å². The summed E-state index contributed by atoms with van der Waals surface area (Å²) in [6.45, 7) is 5.73. The number of morpholine rings is 1. The minimum Gasteiger partial charge on any atom is -0.378 e. The third-order valence-corrected chi connectivity index (χ3v) is 6.38. The van der Waals surface area contributed by atoms with Gasteiger partial charge in [0.05, 0.1) is 24.5 Å². The van der Waals surface area contributed by atoms with Gasteiger partial charge < -0.3 is 19.5 Å². The zero-order valence-electron chi connectivity index (χ0n) is 15.6. The first-order valence-electron chi connectivity index (χ1n) is 9.32. The van der Waals surface area contributed by atoms with E-state index in [9.17, 15) is 9.59 Å². The van der Waals surface area contributed by atoms with Crippen molar-refractivity contribution < 1.29 is 18.8 Å². The molecule has 1 aliphatic heterocycles. The summed E-state index contributed by atoms with van der Waals surface area (Å²) >= 11 is 1.53. The highest BCUT2D eigenvalue weighted by atomic mass is 32.1. The van der Waals surface area contributed by atoms with Crippen LogP contribution in [-0.2, 0) is 17.6 Å². The van der Waals surface area contributed by atoms with Crippen LogP contribution in [0.25, 0.3) is 0 Å². The van der Waals surface area contributed by atoms with Crippen molar-refractivity contribution in [1.82, 2.24) is 10.1 Å². The molecule has 0 radical (unpaired) electrons. The number of fused-ring (bicyclic) bond motifs is 1. The lowest BCUT2D eigenvalue weighted by molar-refractivity contribution is 0.0303. The molecule has 2 amide bonds. The van der Waals surface area contributed by atoms with E-state index >= 15 is 0 Å². The molecule has 3 heterocycles. The number of nitrogens with one attached hydrogen (secondary N) is 1. The van der Waals surface area contributed by atoms with Crippen molar-refractivity contribution in [2.24, 2.45) is 0 Å². The Morgan fingerprint density at radius 1 is 1.11 bits per heavy atom. The molecule has 0 saturated carbocycles. The Morgan fingerprint density at radius 2 is 1.85 bits per heavy atom. The first kappa shape index (κ1) is 18.2. The second kappa shape index (κ2) is 7.44. The number of aromatic nitrogens is 1. The van der Waals surface area contributed by atoms with Crippen molar-refractivity contribution in [3.8, 4) is 0 Å². The normalized spacial score (nSPS) is 16.9. The molecule has 2 aromatic rings. The average Bonchev–Trinajstić information content (AvgIpc) is 3.21. The molecule has 1 N–H and O–H groups in total. The molecule has 7 nitrogen and oxygen atoms in total. The molecule has 0 unspecified atom stereocenters. The van der Waals surface area contributed by atoms with Gasteiger partial charge in [-0.3, -0.25) is 9.59 Å². The number of hydrogen-bond acceptors (Lipinski definition) is 6. The standard InChI is InChI=1S/C19H23N3O4S/c1-11-15(12(2)26-21-11)17(23)20-18-16(13-5-3-4-6-14(13)27-18)19(24)22-7-9-25-10-8-22/h3-10H2,1-2H3,(H,20,23). The fourth-order valence-corrected chi connectivity index (χ4v) is 5.05. The van der Waals surface area contributed by atoms with Crippen molar-refractivity contribution in [3.63, 3.8) is 0 Å². The first-order valence-corrected chi connectivity index (χ1v) is 10.1. The van der Waals surface area contributed by atoms with Gasteiger partial charge in [0.15, 0.2) is 0 Å². The van der Waals surface area contributed by atoms with Gasteiger partial charge in [-0.25, -0.2) is 0 Å². The zero-order valence-corrected chi connectivity index (χ0v) is 16.4. The topological polar surface area (TPSA) is 84.7 Å². The quantitative estimate of drug-likeness (QED) is 0.872. The van der Waals surface area contributed by atoms with Crippen LogP contribution >= 0.6 is 11.3 Å². The van der Waals surface area contributed by atoms with E-state index in [0.717, 1.165) is 31.2 Å². The maximum absolute atomic E-state index is 13.3. The van der Waals surface area contributed by atoms with Crippen molar-refractivity contribution in [1.29, 1.82) is 0 Å². The Kier molecular flexibility index (Phi) is 5.01. The lowest BCUT2D eigenvalue weighted by Gasteiger charge is -2.27. The van der Waals surface area contributed by atoms with Crippen molar-refractivity contribution in [2.75, 3.05) is 31.6 Å². The number of nitrogens with zero attached hydrogens (tertiary/aromatic N) is 2. The maximum Gasteiger partial charge on any atom is 0.261 e. The van der Waals surface area contributed by atoms with Gasteiger partial charge in [0.1, 0.15) is 16.3 Å². The molecule has 1 aliphatic carbocycles. The van der Waals surface area contributed by atoms with E-state index in [1.54, 1.807) is 13.8 Å². The Balaban J connectivity index is 1.68. The number of thiophene rings is 1. The molecule has 0 atom stereocenters. The van der Waals surface area contributed by atoms with Gasteiger partial charge in [-0.05, 0) is 45.1 Å². The highest BCUT2D eigenvalue weighted by molar-refractivity contribution is 7.17. The van der Waals surface area contributed by atoms with Crippen LogP contribution in [0.4, 0.5) is 5.00 Å². The SMILES string of the molecule is Cc1noc(C)c1C(=O)Nc1sc2c(c1C(=O)N1CCOCC1)CCCC2. The summed E-state index contributed by atoms with van der Waals surface area (Å²) in [5.74, 6) is 0.194. The number of carbonyl (C=O) groups excluding carboxylic acids is 2. The molecular weight excluding hydrogens is 366 g/mol. The largest absolute Gasteiger partial charge is 0.378 e. The molecule has 1 saturated heterocycles. The van der Waals surface area contributed by atoms with Crippen LogP contribution in [0, 0.1) is 13.8 Å². The highest BCUT2D eigenvalue weighted by Gasteiger charge is 2.30. The fourth-order valence-electron chi connectivity index (χ4n) is 3.78. The zero-order chi connectivity index (χ0) is 19.0. The second-order valence-corrected chi connectivity index (χ2v) is 8.08. The monoisotopic (exact) mass is 389 g/mol. The Bertz CT molecular complexity index is 860. The number of hydrogen-bond donors (Lipinski definition) is 1. The van der Waals surface area contributed by atoms with Crippen LogP contribution in [0.1, 0.15) is 55.5 Å². The maximum atomic E-state index is 13.3. The van der Waals surface area contributed by atoms with Gasteiger partial charge in [0.2, 0.25) is 0 Å². The average molecular weight is 389 g/mol. The fraction of sp³-hybridized carbons (Fsp3) is 0.526. The highest BCUT2D eigenvalue weighted by Crippen LogP contribution is 2.39. The minimum atomic E-state index is -0.277. The van der Waals surface area contributed by atoms with E-state index < -0.39 is 0 Å². The van der Waals surface area contributed by atoms with Crippen LogP contribution in [0.5, 0.6) is 0 Å². The van der Waals surface area contributed by atoms with E-state index in [0.29, 0.717) is 53.9 Å². The van der Waals surface area contributed by atoms with Crippen LogP contribution < -0.4 is 5.32 Å². The Labute approximate surface area is 161 Å². The summed E-state index contributed by atoms with van der Waals surface area (Å²) in [6.07, 6.45) is 4.04. The van der Waals surface area contributed by atoms with Crippen LogP contribution in [0.2, 0.25) is 0 Å². The predicted octanol–water partition coefficient (Wildman–Crippen LogP) is 2.96. The molecule has 4 rings (SSSR count). The van der Waals surface area contributed by atoms with Gasteiger partial charge >= 0.3 is 0 Å². The lowest BCUT2D eigenvalue weighted by Crippen LogP contribution is -2.41. The molecule has 2 aromatic heterocycles. The molecular formula is C19H23N3O4S. The summed E-state index contributed by atoms with van der Waals surface area (Å²) in [5.41, 5.74) is 2.76. The van der Waals surface area contributed by atoms with E-state index in [1.807, 2.05) is 4.90 Å². The summed E-state index contributed by atoms with van der Waals surface area (Å²) in [7, 11) is 0. The van der Waals surface area contributed by atoms with E-state index in [4.69, 9.17) is 9.26 Å². The third-order valence-electron chi connectivity index (χ3n) is 5.17. The first-order chi connectivity index (χ1) is 13.1. The predicted molar refractivity (Wildman–Crippen MR) is 102 cm³/mol. The van der Waals surface area contributed by atoms with E-state index in [2.05, 4.69) is 10.5 Å².